The molecule has 32 heavy (non-hydrogen) atoms. The Bertz CT molecular complexity index is 949. The van der Waals surface area contributed by atoms with Crippen LogP contribution in [0.15, 0.2) is 11.6 Å². The molecule has 2 unspecified atom stereocenters. The van der Waals surface area contributed by atoms with Crippen LogP contribution in [0.4, 0.5) is 18.0 Å². The number of rotatable bonds is 7. The second-order valence-electron chi connectivity index (χ2n) is 6.58. The van der Waals surface area contributed by atoms with Crippen molar-refractivity contribution >= 4 is 29.8 Å². The van der Waals surface area contributed by atoms with E-state index in [0.717, 1.165) is 6.08 Å². The molecule has 0 fully saturated rings. The lowest BCUT2D eigenvalue weighted by Crippen LogP contribution is -2.41. The quantitative estimate of drug-likeness (QED) is 0.245. The van der Waals surface area contributed by atoms with E-state index in [4.69, 9.17) is 16.3 Å². The summed E-state index contributed by atoms with van der Waals surface area (Å²) in [5.41, 5.74) is 0.192. The number of halogens is 4. The molecule has 2 atom stereocenters. The highest BCUT2D eigenvalue weighted by molar-refractivity contribution is 6.32. The van der Waals surface area contributed by atoms with Gasteiger partial charge in [0.2, 0.25) is 12.9 Å². The van der Waals surface area contributed by atoms with Crippen LogP contribution in [0.2, 0.25) is 5.02 Å². The third-order valence-electron chi connectivity index (χ3n) is 4.12. The van der Waals surface area contributed by atoms with Crippen LogP contribution in [-0.4, -0.2) is 49.0 Å². The molecule has 1 aromatic carbocycles. The van der Waals surface area contributed by atoms with Gasteiger partial charge in [0.05, 0.1) is 5.57 Å². The van der Waals surface area contributed by atoms with Gasteiger partial charge in [0, 0.05) is 10.6 Å². The molecule has 0 saturated heterocycles. The molecular formula is C18H17ClF3NO9. The van der Waals surface area contributed by atoms with Gasteiger partial charge in [0.25, 0.3) is 5.09 Å². The fraction of sp³-hybridized carbons (Fsp3) is 0.444. The van der Waals surface area contributed by atoms with Crippen molar-refractivity contribution in [1.82, 2.24) is 0 Å². The van der Waals surface area contributed by atoms with Gasteiger partial charge in [-0.05, 0) is 44.0 Å². The van der Waals surface area contributed by atoms with Gasteiger partial charge in [-0.2, -0.15) is 13.2 Å². The Hall–Kier alpha value is -3.22. The average molecular weight is 484 g/mol. The average Bonchev–Trinajstić information content (AvgIpc) is 2.68. The molecule has 1 aromatic rings. The van der Waals surface area contributed by atoms with Crippen LogP contribution in [-0.2, 0) is 23.8 Å². The Morgan fingerprint density at radius 2 is 1.94 bits per heavy atom. The van der Waals surface area contributed by atoms with E-state index < -0.39 is 54.6 Å². The lowest BCUT2D eigenvalue weighted by Gasteiger charge is -2.29. The van der Waals surface area contributed by atoms with Gasteiger partial charge in [-0.3, -0.25) is 0 Å². The van der Waals surface area contributed by atoms with E-state index >= 15 is 0 Å². The first-order valence-corrected chi connectivity index (χ1v) is 9.21. The number of esters is 1. The summed E-state index contributed by atoms with van der Waals surface area (Å²) in [6.07, 6.45) is -9.10. The van der Waals surface area contributed by atoms with Crippen LogP contribution in [0.1, 0.15) is 23.6 Å². The van der Waals surface area contributed by atoms with E-state index in [1.165, 1.54) is 13.0 Å². The van der Waals surface area contributed by atoms with Crippen LogP contribution >= 0.6 is 11.6 Å². The Morgan fingerprint density at radius 3 is 2.53 bits per heavy atom. The number of alkyl halides is 3. The van der Waals surface area contributed by atoms with Gasteiger partial charge in [-0.15, -0.1) is 10.1 Å². The molecule has 0 aromatic heterocycles. The highest BCUT2D eigenvalue weighted by Crippen LogP contribution is 2.41. The molecule has 0 amide bonds. The predicted octanol–water partition coefficient (Wildman–Crippen LogP) is 3.91. The van der Waals surface area contributed by atoms with Crippen molar-refractivity contribution in [3.8, 4) is 5.75 Å². The molecule has 1 aliphatic rings. The van der Waals surface area contributed by atoms with Crippen LogP contribution in [0.5, 0.6) is 5.75 Å². The lowest BCUT2D eigenvalue weighted by atomic mass is 9.96. The molecule has 0 aliphatic carbocycles. The minimum absolute atomic E-state index is 0.103. The fourth-order valence-electron chi connectivity index (χ4n) is 2.66. The van der Waals surface area contributed by atoms with Gasteiger partial charge in [0.1, 0.15) is 18.5 Å². The molecule has 0 saturated carbocycles. The zero-order chi connectivity index (χ0) is 24.2. The minimum Gasteiger partial charge on any atom is -0.475 e. The van der Waals surface area contributed by atoms with E-state index in [0.29, 0.717) is 16.1 Å². The van der Waals surface area contributed by atoms with Gasteiger partial charge in [-0.25, -0.2) is 9.59 Å². The molecule has 14 heteroatoms. The molecule has 10 nitrogen and oxygen atoms in total. The van der Waals surface area contributed by atoms with Crippen molar-refractivity contribution < 1.29 is 51.6 Å². The van der Waals surface area contributed by atoms with E-state index in [1.807, 2.05) is 0 Å². The maximum absolute atomic E-state index is 13.5. The van der Waals surface area contributed by atoms with Crippen molar-refractivity contribution in [2.45, 2.75) is 39.2 Å². The maximum atomic E-state index is 13.5. The monoisotopic (exact) mass is 483 g/mol. The van der Waals surface area contributed by atoms with E-state index in [9.17, 15) is 32.9 Å². The van der Waals surface area contributed by atoms with Crippen molar-refractivity contribution in [2.24, 2.45) is 0 Å². The normalized spacial score (nSPS) is 16.1. The van der Waals surface area contributed by atoms with Gasteiger partial charge >= 0.3 is 18.3 Å². The maximum Gasteiger partial charge on any atom is 0.511 e. The Kier molecular flexibility index (Phi) is 7.78. The van der Waals surface area contributed by atoms with Crippen LogP contribution in [0.3, 0.4) is 0 Å². The van der Waals surface area contributed by atoms with Crippen molar-refractivity contribution in [1.29, 1.82) is 0 Å². The first-order valence-electron chi connectivity index (χ1n) is 8.83. The second kappa shape index (κ2) is 9.94. The number of ether oxygens (including phenoxy) is 4. The van der Waals surface area contributed by atoms with E-state index in [2.05, 4.69) is 19.0 Å². The standard InChI is InChI=1S/C18H17ClF3NO9/c1-8-4-13-11(10(3)14(8)19)5-12(15(31-13)18(20,21)22)16(24)29-7-30-17(25)28-6-9(2)32-23(26)27/h4-5,9,15H,6-7H2,1-3H3. The molecule has 2 rings (SSSR count). The molecule has 0 N–H and O–H groups in total. The number of benzene rings is 1. The smallest absolute Gasteiger partial charge is 0.475 e. The summed E-state index contributed by atoms with van der Waals surface area (Å²) in [5.74, 6) is -1.55. The molecule has 0 spiro atoms. The number of aryl methyl sites for hydroxylation is 1. The highest BCUT2D eigenvalue weighted by Gasteiger charge is 2.49. The number of carbonyl (C=O) groups is 2. The van der Waals surface area contributed by atoms with Gasteiger partial charge < -0.3 is 23.8 Å². The SMILES string of the molecule is Cc1cc2c(c(C)c1Cl)C=C(C(=O)OCOC(=O)OCC(C)O[N+](=O)[O-])C(C(F)(F)F)O2. The zero-order valence-corrected chi connectivity index (χ0v) is 17.6. The van der Waals surface area contributed by atoms with Crippen molar-refractivity contribution in [2.75, 3.05) is 13.4 Å². The summed E-state index contributed by atoms with van der Waals surface area (Å²) in [7, 11) is 0. The van der Waals surface area contributed by atoms with Crippen molar-refractivity contribution in [3.05, 3.63) is 43.5 Å². The molecule has 1 aliphatic heterocycles. The molecule has 1 heterocycles. The molecule has 0 bridgehead atoms. The van der Waals surface area contributed by atoms with Crippen LogP contribution in [0.25, 0.3) is 6.08 Å². The number of carbonyl (C=O) groups excluding carboxylic acids is 2. The number of hydrogen-bond acceptors (Lipinski definition) is 9. The van der Waals surface area contributed by atoms with Gasteiger partial charge in [-0.1, -0.05) is 11.6 Å². The van der Waals surface area contributed by atoms with E-state index in [1.54, 1.807) is 13.8 Å². The second-order valence-corrected chi connectivity index (χ2v) is 6.96. The summed E-state index contributed by atoms with van der Waals surface area (Å²) in [6.45, 7) is 2.74. The highest BCUT2D eigenvalue weighted by atomic mass is 35.5. The summed E-state index contributed by atoms with van der Waals surface area (Å²) < 4.78 is 58.9. The van der Waals surface area contributed by atoms with Gasteiger partial charge in [0.15, 0.2) is 0 Å². The van der Waals surface area contributed by atoms with Crippen molar-refractivity contribution in [3.63, 3.8) is 0 Å². The Labute approximate surface area is 183 Å². The third kappa shape index (κ3) is 6.15. The number of nitrogens with zero attached hydrogens (tertiary/aromatic N) is 1. The fourth-order valence-corrected chi connectivity index (χ4v) is 2.82. The minimum atomic E-state index is -4.95. The predicted molar refractivity (Wildman–Crippen MR) is 100 cm³/mol. The van der Waals surface area contributed by atoms with E-state index in [-0.39, 0.29) is 11.3 Å². The number of hydrogen-bond donors (Lipinski definition) is 0. The first kappa shape index (κ1) is 25.0. The first-order chi connectivity index (χ1) is 14.8. The summed E-state index contributed by atoms with van der Waals surface area (Å²) >= 11 is 6.13. The number of fused-ring (bicyclic) bond motifs is 1. The summed E-state index contributed by atoms with van der Waals surface area (Å²) in [4.78, 5) is 37.9. The lowest BCUT2D eigenvalue weighted by molar-refractivity contribution is -0.767. The molecular weight excluding hydrogens is 467 g/mol. The third-order valence-corrected chi connectivity index (χ3v) is 4.70. The van der Waals surface area contributed by atoms with Crippen LogP contribution in [0, 0.1) is 24.0 Å². The topological polar surface area (TPSA) is 123 Å². The Morgan fingerprint density at radius 1 is 1.28 bits per heavy atom. The Balaban J connectivity index is 2.07. The largest absolute Gasteiger partial charge is 0.511 e. The summed E-state index contributed by atoms with van der Waals surface area (Å²) in [5, 5.41) is 9.34. The zero-order valence-electron chi connectivity index (χ0n) is 16.9. The molecule has 176 valence electrons. The summed E-state index contributed by atoms with van der Waals surface area (Å²) in [6, 6.07) is 1.32. The van der Waals surface area contributed by atoms with Crippen LogP contribution < -0.4 is 4.74 Å². The molecule has 0 radical (unpaired) electrons.